The quantitative estimate of drug-likeness (QED) is 0.640. The van der Waals surface area contributed by atoms with Crippen LogP contribution in [0.25, 0.3) is 0 Å². The lowest BCUT2D eigenvalue weighted by Gasteiger charge is -2.20. The van der Waals surface area contributed by atoms with Crippen molar-refractivity contribution in [3.05, 3.63) is 35.4 Å². The Morgan fingerprint density at radius 2 is 1.52 bits per heavy atom. The molecule has 1 N–H and O–H groups in total. The van der Waals surface area contributed by atoms with Crippen molar-refractivity contribution in [2.75, 3.05) is 13.2 Å². The van der Waals surface area contributed by atoms with Gasteiger partial charge < -0.3 is 14.6 Å². The number of aliphatic hydroxyl groups excluding tert-OH is 1. The third-order valence-electron chi connectivity index (χ3n) is 2.69. The van der Waals surface area contributed by atoms with Gasteiger partial charge >= 0.3 is 11.9 Å². The summed E-state index contributed by atoms with van der Waals surface area (Å²) < 4.78 is 36.6. The van der Waals surface area contributed by atoms with Crippen LogP contribution < -0.4 is 0 Å². The molecule has 1 unspecified atom stereocenters. The monoisotopic (exact) mass is 302 g/mol. The first kappa shape index (κ1) is 17.0. The van der Waals surface area contributed by atoms with Crippen molar-refractivity contribution < 1.29 is 33.0 Å². The molecule has 0 spiro atoms. The van der Waals surface area contributed by atoms with Crippen LogP contribution in [0.15, 0.2) is 18.2 Å². The van der Waals surface area contributed by atoms with E-state index in [-0.39, 0.29) is 13.2 Å². The minimum absolute atomic E-state index is 0.0544. The molecule has 0 fully saturated rings. The summed E-state index contributed by atoms with van der Waals surface area (Å²) in [7, 11) is 0. The highest BCUT2D eigenvalue weighted by molar-refractivity contribution is 5.95. The highest BCUT2D eigenvalue weighted by atomic mass is 19.1. The molecule has 116 valence electrons. The van der Waals surface area contributed by atoms with E-state index in [1.54, 1.807) is 0 Å². The van der Waals surface area contributed by atoms with Crippen LogP contribution in [0.4, 0.5) is 8.78 Å². The minimum Gasteiger partial charge on any atom is -0.465 e. The van der Waals surface area contributed by atoms with E-state index in [1.165, 1.54) is 13.8 Å². The Morgan fingerprint density at radius 3 is 1.90 bits per heavy atom. The van der Waals surface area contributed by atoms with Gasteiger partial charge in [0.05, 0.1) is 18.8 Å². The first-order valence-corrected chi connectivity index (χ1v) is 6.39. The molecule has 1 atom stereocenters. The van der Waals surface area contributed by atoms with E-state index < -0.39 is 41.2 Å². The van der Waals surface area contributed by atoms with E-state index in [9.17, 15) is 23.5 Å². The van der Waals surface area contributed by atoms with Gasteiger partial charge in [-0.05, 0) is 26.0 Å². The molecule has 0 bridgehead atoms. The van der Waals surface area contributed by atoms with Gasteiger partial charge in [0.25, 0.3) is 0 Å². The Kier molecular flexibility index (Phi) is 6.23. The Balaban J connectivity index is 3.18. The third-order valence-corrected chi connectivity index (χ3v) is 2.69. The predicted molar refractivity (Wildman–Crippen MR) is 68.1 cm³/mol. The van der Waals surface area contributed by atoms with E-state index in [4.69, 9.17) is 0 Å². The number of aliphatic hydroxyl groups is 1. The van der Waals surface area contributed by atoms with Crippen molar-refractivity contribution in [1.82, 2.24) is 0 Å². The molecule has 21 heavy (non-hydrogen) atoms. The molecular formula is C14H16F2O5. The van der Waals surface area contributed by atoms with Gasteiger partial charge in [-0.1, -0.05) is 6.07 Å². The number of benzene rings is 1. The maximum atomic E-state index is 13.7. The number of rotatable bonds is 6. The van der Waals surface area contributed by atoms with Gasteiger partial charge in [-0.25, -0.2) is 8.78 Å². The van der Waals surface area contributed by atoms with Gasteiger partial charge in [-0.15, -0.1) is 0 Å². The number of esters is 2. The molecule has 0 saturated carbocycles. The highest BCUT2D eigenvalue weighted by Crippen LogP contribution is 2.29. The second-order valence-electron chi connectivity index (χ2n) is 4.06. The van der Waals surface area contributed by atoms with Crippen molar-refractivity contribution in [2.24, 2.45) is 5.92 Å². The summed E-state index contributed by atoms with van der Waals surface area (Å²) in [4.78, 5) is 23.5. The fraction of sp³-hybridized carbons (Fsp3) is 0.429. The second kappa shape index (κ2) is 7.68. The SMILES string of the molecule is CCOC(=O)C(C(=O)OCC)C(O)c1c(F)cccc1F. The number of hydrogen-bond acceptors (Lipinski definition) is 5. The topological polar surface area (TPSA) is 72.8 Å². The smallest absolute Gasteiger partial charge is 0.323 e. The van der Waals surface area contributed by atoms with E-state index in [1.807, 2.05) is 0 Å². The maximum absolute atomic E-state index is 13.7. The molecule has 0 aliphatic heterocycles. The molecule has 0 aromatic heterocycles. The average molecular weight is 302 g/mol. The minimum atomic E-state index is -2.04. The molecule has 0 heterocycles. The summed E-state index contributed by atoms with van der Waals surface area (Å²) in [6.07, 6.45) is -2.04. The van der Waals surface area contributed by atoms with Crippen molar-refractivity contribution >= 4 is 11.9 Å². The largest absolute Gasteiger partial charge is 0.465 e. The average Bonchev–Trinajstić information content (AvgIpc) is 2.39. The number of halogens is 2. The van der Waals surface area contributed by atoms with Gasteiger partial charge in [0.2, 0.25) is 0 Å². The molecule has 0 aliphatic rings. The van der Waals surface area contributed by atoms with Gasteiger partial charge in [0.1, 0.15) is 17.7 Å². The summed E-state index contributed by atoms with van der Waals surface area (Å²) in [5.74, 6) is -6.20. The Bertz CT molecular complexity index is 480. The molecule has 0 aliphatic carbocycles. The second-order valence-corrected chi connectivity index (χ2v) is 4.06. The van der Waals surface area contributed by atoms with Crippen molar-refractivity contribution in [3.8, 4) is 0 Å². The van der Waals surface area contributed by atoms with Gasteiger partial charge in [-0.3, -0.25) is 9.59 Å². The molecule has 0 amide bonds. The first-order chi connectivity index (χ1) is 9.93. The van der Waals surface area contributed by atoms with E-state index in [0.29, 0.717) is 0 Å². The Morgan fingerprint density at radius 1 is 1.10 bits per heavy atom. The van der Waals surface area contributed by atoms with Crippen LogP contribution in [0.5, 0.6) is 0 Å². The summed E-state index contributed by atoms with van der Waals surface area (Å²) in [6, 6.07) is 2.93. The predicted octanol–water partition coefficient (Wildman–Crippen LogP) is 1.74. The third kappa shape index (κ3) is 3.98. The zero-order chi connectivity index (χ0) is 16.0. The summed E-state index contributed by atoms with van der Waals surface area (Å²) in [6.45, 7) is 2.88. The van der Waals surface area contributed by atoms with Gasteiger partial charge in [0.15, 0.2) is 5.92 Å². The molecule has 0 saturated heterocycles. The zero-order valence-electron chi connectivity index (χ0n) is 11.6. The molecular weight excluding hydrogens is 286 g/mol. The number of ether oxygens (including phenoxy) is 2. The van der Waals surface area contributed by atoms with E-state index in [2.05, 4.69) is 9.47 Å². The van der Waals surface area contributed by atoms with Crippen molar-refractivity contribution in [3.63, 3.8) is 0 Å². The number of carbonyl (C=O) groups excluding carboxylic acids is 2. The van der Waals surface area contributed by atoms with Gasteiger partial charge in [-0.2, -0.15) is 0 Å². The van der Waals surface area contributed by atoms with Crippen LogP contribution in [0, 0.1) is 17.6 Å². The van der Waals surface area contributed by atoms with Crippen LogP contribution >= 0.6 is 0 Å². The van der Waals surface area contributed by atoms with E-state index >= 15 is 0 Å². The van der Waals surface area contributed by atoms with Crippen LogP contribution in [-0.4, -0.2) is 30.3 Å². The van der Waals surface area contributed by atoms with Gasteiger partial charge in [0, 0.05) is 0 Å². The molecule has 7 heteroatoms. The molecule has 1 rings (SSSR count). The lowest BCUT2D eigenvalue weighted by atomic mass is 9.95. The zero-order valence-corrected chi connectivity index (χ0v) is 11.6. The maximum Gasteiger partial charge on any atom is 0.323 e. The normalized spacial score (nSPS) is 12.1. The number of hydrogen-bond donors (Lipinski definition) is 1. The van der Waals surface area contributed by atoms with Crippen LogP contribution in [0.3, 0.4) is 0 Å². The summed E-state index contributed by atoms with van der Waals surface area (Å²) in [5, 5.41) is 10.1. The van der Waals surface area contributed by atoms with E-state index in [0.717, 1.165) is 18.2 Å². The summed E-state index contributed by atoms with van der Waals surface area (Å²) >= 11 is 0. The Labute approximate surface area is 120 Å². The summed E-state index contributed by atoms with van der Waals surface area (Å²) in [5.41, 5.74) is -0.774. The van der Waals surface area contributed by atoms with Crippen LogP contribution in [0.1, 0.15) is 25.5 Å². The van der Waals surface area contributed by atoms with Crippen molar-refractivity contribution in [2.45, 2.75) is 20.0 Å². The standard InChI is InChI=1S/C14H16F2O5/c1-3-20-13(18)11(14(19)21-4-2)12(17)10-8(15)6-5-7-9(10)16/h5-7,11-12,17H,3-4H2,1-2H3. The van der Waals surface area contributed by atoms with Crippen LogP contribution in [0.2, 0.25) is 0 Å². The molecule has 0 radical (unpaired) electrons. The Hall–Kier alpha value is -2.02. The molecule has 5 nitrogen and oxygen atoms in total. The molecule has 1 aromatic rings. The fourth-order valence-corrected chi connectivity index (χ4v) is 1.78. The highest BCUT2D eigenvalue weighted by Gasteiger charge is 2.39. The van der Waals surface area contributed by atoms with Crippen molar-refractivity contribution in [1.29, 1.82) is 0 Å². The molecule has 1 aromatic carbocycles. The fourth-order valence-electron chi connectivity index (χ4n) is 1.78. The first-order valence-electron chi connectivity index (χ1n) is 6.39. The lowest BCUT2D eigenvalue weighted by Crippen LogP contribution is -2.34. The number of carbonyl (C=O) groups is 2. The lowest BCUT2D eigenvalue weighted by molar-refractivity contribution is -0.167. The van der Waals surface area contributed by atoms with Crippen LogP contribution in [-0.2, 0) is 19.1 Å².